The van der Waals surface area contributed by atoms with Crippen molar-refractivity contribution in [2.24, 2.45) is 0 Å². The van der Waals surface area contributed by atoms with Crippen LogP contribution in [0.15, 0.2) is 34.9 Å². The van der Waals surface area contributed by atoms with E-state index in [0.717, 1.165) is 5.56 Å². The van der Waals surface area contributed by atoms with Crippen LogP contribution >= 0.6 is 0 Å². The third kappa shape index (κ3) is 1.88. The Morgan fingerprint density at radius 2 is 2.25 bits per heavy atom. The summed E-state index contributed by atoms with van der Waals surface area (Å²) < 4.78 is 10.1. The van der Waals surface area contributed by atoms with E-state index >= 15 is 0 Å². The second kappa shape index (κ2) is 4.06. The summed E-state index contributed by atoms with van der Waals surface area (Å²) >= 11 is 0. The first kappa shape index (κ1) is 10.2. The van der Waals surface area contributed by atoms with Gasteiger partial charge >= 0.3 is 5.97 Å². The molecule has 0 saturated heterocycles. The first-order valence-electron chi connectivity index (χ1n) is 4.54. The van der Waals surface area contributed by atoms with Crippen molar-refractivity contribution < 1.29 is 19.1 Å². The minimum Gasteiger partial charge on any atom is -0.481 e. The molecule has 0 saturated carbocycles. The fraction of sp³-hybridized carbons (Fsp3) is 0.0909. The predicted molar refractivity (Wildman–Crippen MR) is 55.5 cm³/mol. The molecular weight excluding hydrogens is 210 g/mol. The van der Waals surface area contributed by atoms with Gasteiger partial charge in [0.2, 0.25) is 11.6 Å². The van der Waals surface area contributed by atoms with Crippen molar-refractivity contribution in [1.82, 2.24) is 4.98 Å². The molecular formula is C11H9NO4. The van der Waals surface area contributed by atoms with Gasteiger partial charge in [-0.15, -0.1) is 0 Å². The Morgan fingerprint density at radius 3 is 2.88 bits per heavy atom. The molecule has 2 rings (SSSR count). The second-order valence-electron chi connectivity index (χ2n) is 3.06. The lowest BCUT2D eigenvalue weighted by Gasteiger charge is -2.00. The monoisotopic (exact) mass is 219 g/mol. The Bertz CT molecular complexity index is 518. The molecule has 0 aliphatic carbocycles. The Labute approximate surface area is 91.3 Å². The molecule has 0 fully saturated rings. The fourth-order valence-electron chi connectivity index (χ4n) is 1.28. The zero-order valence-electron chi connectivity index (χ0n) is 8.51. The lowest BCUT2D eigenvalue weighted by atomic mass is 10.2. The van der Waals surface area contributed by atoms with Crippen molar-refractivity contribution in [1.29, 1.82) is 0 Å². The van der Waals surface area contributed by atoms with E-state index in [1.807, 2.05) is 0 Å². The summed E-state index contributed by atoms with van der Waals surface area (Å²) in [5.41, 5.74) is 0.722. The van der Waals surface area contributed by atoms with E-state index in [4.69, 9.17) is 14.3 Å². The van der Waals surface area contributed by atoms with Crippen LogP contribution < -0.4 is 4.74 Å². The molecule has 0 bridgehead atoms. The van der Waals surface area contributed by atoms with E-state index in [9.17, 15) is 4.79 Å². The lowest BCUT2D eigenvalue weighted by molar-refractivity contribution is 0.0663. The number of hydrogen-bond donors (Lipinski definition) is 1. The van der Waals surface area contributed by atoms with Crippen molar-refractivity contribution >= 4 is 5.97 Å². The summed E-state index contributed by atoms with van der Waals surface area (Å²) in [6, 6.07) is 6.39. The Hall–Kier alpha value is -2.30. The van der Waals surface area contributed by atoms with E-state index in [0.29, 0.717) is 11.6 Å². The third-order valence-corrected chi connectivity index (χ3v) is 2.05. The van der Waals surface area contributed by atoms with E-state index in [1.165, 1.54) is 13.2 Å². The molecule has 2 aromatic heterocycles. The summed E-state index contributed by atoms with van der Waals surface area (Å²) in [6.45, 7) is 0. The number of aromatic carboxylic acids is 1. The fourth-order valence-corrected chi connectivity index (χ4v) is 1.28. The lowest BCUT2D eigenvalue weighted by Crippen LogP contribution is -1.91. The number of carboxylic acid groups (broad SMARTS) is 1. The standard InChI is InChI=1S/C11H9NO4/c1-15-10-6-7(4-5-12-10)8-2-3-9(16-8)11(13)14/h2-6H,1H3,(H,13,14). The van der Waals surface area contributed by atoms with E-state index in [1.54, 1.807) is 24.4 Å². The summed E-state index contributed by atoms with van der Waals surface area (Å²) in [5, 5.41) is 8.72. The zero-order chi connectivity index (χ0) is 11.5. The molecule has 0 radical (unpaired) electrons. The van der Waals surface area contributed by atoms with Gasteiger partial charge in [-0.1, -0.05) is 0 Å². The number of pyridine rings is 1. The molecule has 0 amide bonds. The molecule has 0 spiro atoms. The number of aromatic nitrogens is 1. The number of methoxy groups -OCH3 is 1. The Morgan fingerprint density at radius 1 is 1.44 bits per heavy atom. The van der Waals surface area contributed by atoms with Crippen molar-refractivity contribution in [3.63, 3.8) is 0 Å². The highest BCUT2D eigenvalue weighted by atomic mass is 16.5. The molecule has 0 unspecified atom stereocenters. The molecule has 16 heavy (non-hydrogen) atoms. The van der Waals surface area contributed by atoms with Crippen molar-refractivity contribution in [3.8, 4) is 17.2 Å². The smallest absolute Gasteiger partial charge is 0.371 e. The predicted octanol–water partition coefficient (Wildman–Crippen LogP) is 2.05. The number of carboxylic acids is 1. The minimum absolute atomic E-state index is 0.0919. The van der Waals surface area contributed by atoms with Gasteiger partial charge in [-0.25, -0.2) is 9.78 Å². The SMILES string of the molecule is COc1cc(-c2ccc(C(=O)O)o2)ccn1. The molecule has 5 nitrogen and oxygen atoms in total. The van der Waals surface area contributed by atoms with Gasteiger partial charge in [0.05, 0.1) is 7.11 Å². The molecule has 0 atom stereocenters. The zero-order valence-corrected chi connectivity index (χ0v) is 8.51. The first-order chi connectivity index (χ1) is 7.70. The van der Waals surface area contributed by atoms with Gasteiger partial charge in [0, 0.05) is 17.8 Å². The van der Waals surface area contributed by atoms with Crippen LogP contribution in [0, 0.1) is 0 Å². The van der Waals surface area contributed by atoms with Gasteiger partial charge in [0.25, 0.3) is 0 Å². The molecule has 1 N–H and O–H groups in total. The average molecular weight is 219 g/mol. The van der Waals surface area contributed by atoms with Gasteiger partial charge in [-0.3, -0.25) is 0 Å². The van der Waals surface area contributed by atoms with E-state index in [2.05, 4.69) is 4.98 Å². The van der Waals surface area contributed by atoms with Crippen LogP contribution in [0.3, 0.4) is 0 Å². The van der Waals surface area contributed by atoms with Gasteiger partial charge in [0.1, 0.15) is 5.76 Å². The third-order valence-electron chi connectivity index (χ3n) is 2.05. The van der Waals surface area contributed by atoms with Crippen molar-refractivity contribution in [3.05, 3.63) is 36.2 Å². The second-order valence-corrected chi connectivity index (χ2v) is 3.06. The number of nitrogens with zero attached hydrogens (tertiary/aromatic N) is 1. The molecule has 82 valence electrons. The van der Waals surface area contributed by atoms with Gasteiger partial charge < -0.3 is 14.3 Å². The Kier molecular flexibility index (Phi) is 2.59. The van der Waals surface area contributed by atoms with Gasteiger partial charge in [-0.05, 0) is 18.2 Å². The number of carbonyl (C=O) groups is 1. The van der Waals surface area contributed by atoms with Crippen molar-refractivity contribution in [2.45, 2.75) is 0 Å². The topological polar surface area (TPSA) is 72.6 Å². The Balaban J connectivity index is 2.38. The molecule has 0 aliphatic heterocycles. The summed E-state index contributed by atoms with van der Waals surface area (Å²) in [7, 11) is 1.51. The highest BCUT2D eigenvalue weighted by molar-refractivity contribution is 5.85. The maximum absolute atomic E-state index is 10.6. The van der Waals surface area contributed by atoms with Crippen LogP contribution in [0.5, 0.6) is 5.88 Å². The van der Waals surface area contributed by atoms with Crippen LogP contribution in [-0.2, 0) is 0 Å². The first-order valence-corrected chi connectivity index (χ1v) is 4.54. The maximum atomic E-state index is 10.6. The molecule has 0 aromatic carbocycles. The normalized spacial score (nSPS) is 10.1. The van der Waals surface area contributed by atoms with E-state index in [-0.39, 0.29) is 5.76 Å². The maximum Gasteiger partial charge on any atom is 0.371 e. The highest BCUT2D eigenvalue weighted by Crippen LogP contribution is 2.24. The number of furan rings is 1. The summed E-state index contributed by atoms with van der Waals surface area (Å²) in [4.78, 5) is 14.6. The minimum atomic E-state index is -1.09. The number of hydrogen-bond acceptors (Lipinski definition) is 4. The molecule has 5 heteroatoms. The van der Waals surface area contributed by atoms with Crippen LogP contribution in [-0.4, -0.2) is 23.2 Å². The quantitative estimate of drug-likeness (QED) is 0.855. The average Bonchev–Trinajstić information content (AvgIpc) is 2.78. The molecule has 2 heterocycles. The van der Waals surface area contributed by atoms with Crippen LogP contribution in [0.1, 0.15) is 10.6 Å². The highest BCUT2D eigenvalue weighted by Gasteiger charge is 2.10. The van der Waals surface area contributed by atoms with Crippen molar-refractivity contribution in [2.75, 3.05) is 7.11 Å². The van der Waals surface area contributed by atoms with Crippen LogP contribution in [0.4, 0.5) is 0 Å². The van der Waals surface area contributed by atoms with Gasteiger partial charge in [0.15, 0.2) is 0 Å². The van der Waals surface area contributed by atoms with Crippen LogP contribution in [0.25, 0.3) is 11.3 Å². The number of ether oxygens (including phenoxy) is 1. The summed E-state index contributed by atoms with van der Waals surface area (Å²) in [5.74, 6) is -0.262. The molecule has 2 aromatic rings. The summed E-state index contributed by atoms with van der Waals surface area (Å²) in [6.07, 6.45) is 1.57. The van der Waals surface area contributed by atoms with Crippen LogP contribution in [0.2, 0.25) is 0 Å². The largest absolute Gasteiger partial charge is 0.481 e. The van der Waals surface area contributed by atoms with Gasteiger partial charge in [-0.2, -0.15) is 0 Å². The molecule has 0 aliphatic rings. The number of rotatable bonds is 3. The van der Waals surface area contributed by atoms with E-state index < -0.39 is 5.97 Å².